The number of benzene rings is 1. The highest BCUT2D eigenvalue weighted by atomic mass is 16.5. The van der Waals surface area contributed by atoms with Crippen molar-refractivity contribution in [3.63, 3.8) is 0 Å². The van der Waals surface area contributed by atoms with E-state index in [4.69, 9.17) is 9.84 Å². The Morgan fingerprint density at radius 1 is 1.33 bits per heavy atom. The fourth-order valence-corrected chi connectivity index (χ4v) is 2.73. The molecule has 2 rings (SSSR count). The van der Waals surface area contributed by atoms with Gasteiger partial charge in [-0.15, -0.1) is 0 Å². The van der Waals surface area contributed by atoms with Gasteiger partial charge < -0.3 is 15.2 Å². The first-order valence-electron chi connectivity index (χ1n) is 7.08. The third kappa shape index (κ3) is 3.74. The lowest BCUT2D eigenvalue weighted by atomic mass is 9.57. The summed E-state index contributed by atoms with van der Waals surface area (Å²) in [5.74, 6) is -0.701. The summed E-state index contributed by atoms with van der Waals surface area (Å²) >= 11 is 0. The summed E-state index contributed by atoms with van der Waals surface area (Å²) in [5.41, 5.74) is 0.716. The zero-order valence-corrected chi connectivity index (χ0v) is 12.3. The average Bonchev–Trinajstić information content (AvgIpc) is 2.45. The number of nitrogens with one attached hydrogen (secondary N) is 1. The van der Waals surface area contributed by atoms with Gasteiger partial charge in [-0.3, -0.25) is 4.79 Å². The second-order valence-electron chi connectivity index (χ2n) is 6.11. The van der Waals surface area contributed by atoms with Gasteiger partial charge in [0.05, 0.1) is 0 Å². The maximum atomic E-state index is 11.8. The zero-order valence-electron chi connectivity index (χ0n) is 12.3. The molecule has 5 nitrogen and oxygen atoms in total. The molecular formula is C16H21NO4. The predicted octanol–water partition coefficient (Wildman–Crippen LogP) is 2.80. The smallest absolute Gasteiger partial charge is 0.407 e. The van der Waals surface area contributed by atoms with Crippen LogP contribution in [0.4, 0.5) is 4.79 Å². The molecule has 0 unspecified atom stereocenters. The highest BCUT2D eigenvalue weighted by molar-refractivity contribution is 5.69. The van der Waals surface area contributed by atoms with Gasteiger partial charge in [0.1, 0.15) is 6.61 Å². The Labute approximate surface area is 124 Å². The first-order valence-corrected chi connectivity index (χ1v) is 7.08. The van der Waals surface area contributed by atoms with E-state index in [1.807, 2.05) is 44.2 Å². The fraction of sp³-hybridized carbons (Fsp3) is 0.500. The van der Waals surface area contributed by atoms with Gasteiger partial charge in [0, 0.05) is 12.5 Å². The van der Waals surface area contributed by atoms with Crippen LogP contribution in [-0.2, 0) is 16.1 Å². The van der Waals surface area contributed by atoms with Crippen LogP contribution >= 0.6 is 0 Å². The largest absolute Gasteiger partial charge is 0.481 e. The van der Waals surface area contributed by atoms with Crippen LogP contribution in [0.15, 0.2) is 30.3 Å². The van der Waals surface area contributed by atoms with Gasteiger partial charge in [0.25, 0.3) is 0 Å². The predicted molar refractivity (Wildman–Crippen MR) is 77.7 cm³/mol. The minimum atomic E-state index is -0.793. The molecule has 1 amide bonds. The zero-order chi connectivity index (χ0) is 15.5. The van der Waals surface area contributed by atoms with Crippen molar-refractivity contribution in [2.24, 2.45) is 11.3 Å². The van der Waals surface area contributed by atoms with E-state index in [9.17, 15) is 9.59 Å². The minimum absolute atomic E-state index is 0.0369. The second kappa shape index (κ2) is 6.16. The van der Waals surface area contributed by atoms with Crippen LogP contribution in [0.2, 0.25) is 0 Å². The highest BCUT2D eigenvalue weighted by Gasteiger charge is 2.49. The number of carbonyl (C=O) groups excluding carboxylic acids is 1. The van der Waals surface area contributed by atoms with Crippen LogP contribution in [0.5, 0.6) is 0 Å². The fourth-order valence-electron chi connectivity index (χ4n) is 2.73. The van der Waals surface area contributed by atoms with Crippen LogP contribution in [0.25, 0.3) is 0 Å². The van der Waals surface area contributed by atoms with E-state index in [1.54, 1.807) is 0 Å². The number of carboxylic acid groups (broad SMARTS) is 1. The third-order valence-electron chi connectivity index (χ3n) is 4.40. The number of ether oxygens (including phenoxy) is 1. The highest BCUT2D eigenvalue weighted by Crippen LogP contribution is 2.48. The number of hydrogen-bond donors (Lipinski definition) is 2. The number of alkyl carbamates (subject to hydrolysis) is 1. The first kappa shape index (κ1) is 15.4. The van der Waals surface area contributed by atoms with Gasteiger partial charge in [0.2, 0.25) is 0 Å². The number of rotatable bonds is 5. The van der Waals surface area contributed by atoms with E-state index >= 15 is 0 Å². The molecule has 2 N–H and O–H groups in total. The minimum Gasteiger partial charge on any atom is -0.481 e. The number of carboxylic acids is 1. The Morgan fingerprint density at radius 3 is 2.57 bits per heavy atom. The average molecular weight is 291 g/mol. The van der Waals surface area contributed by atoms with Crippen molar-refractivity contribution in [2.45, 2.75) is 39.3 Å². The van der Waals surface area contributed by atoms with Crippen LogP contribution in [0.3, 0.4) is 0 Å². The molecule has 0 radical (unpaired) electrons. The molecule has 5 heteroatoms. The molecule has 21 heavy (non-hydrogen) atoms. The van der Waals surface area contributed by atoms with E-state index < -0.39 is 12.1 Å². The molecule has 0 spiro atoms. The monoisotopic (exact) mass is 291 g/mol. The number of carbonyl (C=O) groups is 2. The second-order valence-corrected chi connectivity index (χ2v) is 6.11. The molecule has 1 fully saturated rings. The Hall–Kier alpha value is -2.04. The Kier molecular flexibility index (Phi) is 4.50. The summed E-state index contributed by atoms with van der Waals surface area (Å²) in [7, 11) is 0. The molecule has 2 atom stereocenters. The van der Waals surface area contributed by atoms with E-state index in [0.29, 0.717) is 6.42 Å². The Morgan fingerprint density at radius 2 is 2.00 bits per heavy atom. The topological polar surface area (TPSA) is 75.6 Å². The number of aliphatic carboxylic acids is 1. The molecule has 1 aromatic rings. The van der Waals surface area contributed by atoms with Gasteiger partial charge in [0.15, 0.2) is 0 Å². The van der Waals surface area contributed by atoms with Crippen molar-refractivity contribution >= 4 is 12.1 Å². The summed E-state index contributed by atoms with van der Waals surface area (Å²) in [6.07, 6.45) is 0.370. The van der Waals surface area contributed by atoms with E-state index in [0.717, 1.165) is 5.56 Å². The molecule has 0 saturated heterocycles. The van der Waals surface area contributed by atoms with Crippen LogP contribution < -0.4 is 5.32 Å². The van der Waals surface area contributed by atoms with Crippen molar-refractivity contribution in [1.29, 1.82) is 0 Å². The summed E-state index contributed by atoms with van der Waals surface area (Å²) in [4.78, 5) is 22.6. The lowest BCUT2D eigenvalue weighted by Crippen LogP contribution is -2.58. The summed E-state index contributed by atoms with van der Waals surface area (Å²) in [6.45, 7) is 4.19. The summed E-state index contributed by atoms with van der Waals surface area (Å²) in [5, 5.41) is 11.7. The molecule has 1 aliphatic rings. The molecule has 114 valence electrons. The molecule has 0 aromatic heterocycles. The standard InChI is InChI=1S/C16H21NO4/c1-16(2)12(9-14(18)19)8-13(16)17-15(20)21-10-11-6-4-3-5-7-11/h3-7,12-13H,8-10H2,1-2H3,(H,17,20)(H,18,19)/t12-,13-/m1/s1. The third-order valence-corrected chi connectivity index (χ3v) is 4.40. The molecule has 0 bridgehead atoms. The summed E-state index contributed by atoms with van der Waals surface area (Å²) < 4.78 is 5.18. The van der Waals surface area contributed by atoms with Gasteiger partial charge in [-0.05, 0) is 23.3 Å². The van der Waals surface area contributed by atoms with E-state index in [1.165, 1.54) is 0 Å². The van der Waals surface area contributed by atoms with E-state index in [2.05, 4.69) is 5.32 Å². The van der Waals surface area contributed by atoms with Gasteiger partial charge in [-0.1, -0.05) is 44.2 Å². The van der Waals surface area contributed by atoms with Crippen molar-refractivity contribution in [3.8, 4) is 0 Å². The van der Waals surface area contributed by atoms with Gasteiger partial charge >= 0.3 is 12.1 Å². The quantitative estimate of drug-likeness (QED) is 0.874. The number of hydrogen-bond acceptors (Lipinski definition) is 3. The lowest BCUT2D eigenvalue weighted by Gasteiger charge is -2.51. The van der Waals surface area contributed by atoms with Crippen LogP contribution in [-0.4, -0.2) is 23.2 Å². The number of amides is 1. The van der Waals surface area contributed by atoms with Crippen molar-refractivity contribution in [2.75, 3.05) is 0 Å². The van der Waals surface area contributed by atoms with E-state index in [-0.39, 0.29) is 30.4 Å². The maximum Gasteiger partial charge on any atom is 0.407 e. The molecule has 1 aromatic carbocycles. The first-order chi connectivity index (χ1) is 9.89. The SMILES string of the molecule is CC1(C)[C@@H](CC(=O)O)C[C@H]1NC(=O)OCc1ccccc1. The molecule has 0 heterocycles. The lowest BCUT2D eigenvalue weighted by molar-refractivity contribution is -0.141. The normalized spacial score (nSPS) is 23.0. The van der Waals surface area contributed by atoms with Crippen LogP contribution in [0, 0.1) is 11.3 Å². The molecule has 1 saturated carbocycles. The maximum absolute atomic E-state index is 11.8. The summed E-state index contributed by atoms with van der Waals surface area (Å²) in [6, 6.07) is 9.44. The van der Waals surface area contributed by atoms with Crippen molar-refractivity contribution in [3.05, 3.63) is 35.9 Å². The molecule has 1 aliphatic carbocycles. The van der Waals surface area contributed by atoms with Crippen molar-refractivity contribution in [1.82, 2.24) is 5.32 Å². The Bertz CT molecular complexity index is 512. The van der Waals surface area contributed by atoms with Gasteiger partial charge in [-0.2, -0.15) is 0 Å². The van der Waals surface area contributed by atoms with Crippen LogP contribution in [0.1, 0.15) is 32.3 Å². The molecule has 0 aliphatic heterocycles. The Balaban J connectivity index is 1.78. The van der Waals surface area contributed by atoms with Crippen molar-refractivity contribution < 1.29 is 19.4 Å². The molecular weight excluding hydrogens is 270 g/mol. The van der Waals surface area contributed by atoms with Gasteiger partial charge in [-0.25, -0.2) is 4.79 Å².